The lowest BCUT2D eigenvalue weighted by atomic mass is 10.1. The topological polar surface area (TPSA) is 73.9 Å². The molecule has 112 valence electrons. The molecule has 1 aliphatic rings. The molecule has 0 aliphatic carbocycles. The van der Waals surface area contributed by atoms with E-state index in [1.807, 2.05) is 6.92 Å². The summed E-state index contributed by atoms with van der Waals surface area (Å²) in [6, 6.07) is 0.473. The van der Waals surface area contributed by atoms with Crippen molar-refractivity contribution in [3.05, 3.63) is 0 Å². The summed E-state index contributed by atoms with van der Waals surface area (Å²) in [7, 11) is 0. The van der Waals surface area contributed by atoms with Gasteiger partial charge in [0.05, 0.1) is 6.67 Å². The van der Waals surface area contributed by atoms with Crippen LogP contribution in [0.2, 0.25) is 0 Å². The lowest BCUT2D eigenvalue weighted by Gasteiger charge is -2.20. The van der Waals surface area contributed by atoms with Gasteiger partial charge in [-0.25, -0.2) is 0 Å². The molecule has 1 aromatic rings. The van der Waals surface area contributed by atoms with E-state index in [4.69, 9.17) is 0 Å². The monoisotopic (exact) mass is 278 g/mol. The summed E-state index contributed by atoms with van der Waals surface area (Å²) in [5.41, 5.74) is 0.990. The summed E-state index contributed by atoms with van der Waals surface area (Å²) < 4.78 is 0. The molecule has 1 aliphatic heterocycles. The molecule has 2 rings (SSSR count). The Balaban J connectivity index is 2.20. The molecular weight excluding hydrogens is 252 g/mol. The average Bonchev–Trinajstić information content (AvgIpc) is 2.88. The van der Waals surface area contributed by atoms with Gasteiger partial charge in [0.15, 0.2) is 11.6 Å². The maximum Gasteiger partial charge on any atom is 0.226 e. The molecule has 0 amide bonds. The highest BCUT2D eigenvalue weighted by Gasteiger charge is 2.20. The van der Waals surface area contributed by atoms with Crippen LogP contribution in [0.1, 0.15) is 46.5 Å². The third kappa shape index (κ3) is 3.43. The first-order valence-corrected chi connectivity index (χ1v) is 7.68. The van der Waals surface area contributed by atoms with Gasteiger partial charge in [0, 0.05) is 12.6 Å². The smallest absolute Gasteiger partial charge is 0.226 e. The molecular formula is C14H26N6. The molecule has 6 heteroatoms. The zero-order valence-electron chi connectivity index (χ0n) is 12.7. The fourth-order valence-corrected chi connectivity index (χ4v) is 2.49. The third-order valence-electron chi connectivity index (χ3n) is 3.38. The largest absolute Gasteiger partial charge is 0.365 e. The minimum absolute atomic E-state index is 0.473. The zero-order chi connectivity index (χ0) is 14.4. The van der Waals surface area contributed by atoms with Crippen molar-refractivity contribution in [3.8, 4) is 0 Å². The van der Waals surface area contributed by atoms with Crippen LogP contribution in [0.4, 0.5) is 23.3 Å². The van der Waals surface area contributed by atoms with Crippen molar-refractivity contribution in [2.75, 3.05) is 34.5 Å². The maximum atomic E-state index is 4.60. The number of nitrogens with one attached hydrogen (secondary N) is 4. The van der Waals surface area contributed by atoms with E-state index in [0.717, 1.165) is 36.7 Å². The number of anilines is 4. The maximum absolute atomic E-state index is 4.60. The van der Waals surface area contributed by atoms with Crippen molar-refractivity contribution in [2.24, 2.45) is 0 Å². The van der Waals surface area contributed by atoms with Gasteiger partial charge in [-0.15, -0.1) is 0 Å². The second-order valence-corrected chi connectivity index (χ2v) is 5.10. The second-order valence-electron chi connectivity index (χ2n) is 5.10. The quantitative estimate of drug-likeness (QED) is 0.585. The summed E-state index contributed by atoms with van der Waals surface area (Å²) >= 11 is 0. The van der Waals surface area contributed by atoms with Crippen LogP contribution in [-0.4, -0.2) is 29.2 Å². The molecule has 0 aromatic carbocycles. The van der Waals surface area contributed by atoms with Crippen LogP contribution in [0.5, 0.6) is 0 Å². The standard InChI is InChI=1S/C14H26N6/c1-4-7-10(8-5-2)18-13-11-12(17-9-16-11)19-14(20-13)15-6-3/h10,16H,4-9H2,1-3H3,(H3,15,17,18,19,20). The van der Waals surface area contributed by atoms with Crippen molar-refractivity contribution in [1.29, 1.82) is 0 Å². The van der Waals surface area contributed by atoms with Gasteiger partial charge in [0.1, 0.15) is 5.69 Å². The summed E-state index contributed by atoms with van der Waals surface area (Å²) in [5, 5.41) is 13.3. The molecule has 6 nitrogen and oxygen atoms in total. The Kier molecular flexibility index (Phi) is 5.26. The predicted molar refractivity (Wildman–Crippen MR) is 85.5 cm³/mol. The van der Waals surface area contributed by atoms with Crippen LogP contribution >= 0.6 is 0 Å². The van der Waals surface area contributed by atoms with Gasteiger partial charge in [-0.3, -0.25) is 0 Å². The molecule has 1 aromatic heterocycles. The molecule has 0 atom stereocenters. The van der Waals surface area contributed by atoms with E-state index in [1.54, 1.807) is 0 Å². The van der Waals surface area contributed by atoms with Crippen LogP contribution in [0.3, 0.4) is 0 Å². The fraction of sp³-hybridized carbons (Fsp3) is 0.714. The molecule has 0 radical (unpaired) electrons. The van der Waals surface area contributed by atoms with E-state index in [9.17, 15) is 0 Å². The van der Waals surface area contributed by atoms with Crippen LogP contribution in [0.15, 0.2) is 0 Å². The molecule has 0 saturated carbocycles. The molecule has 4 N–H and O–H groups in total. The highest BCUT2D eigenvalue weighted by Crippen LogP contribution is 2.33. The second kappa shape index (κ2) is 7.17. The van der Waals surface area contributed by atoms with Crippen LogP contribution in [0.25, 0.3) is 0 Å². The minimum Gasteiger partial charge on any atom is -0.365 e. The number of nitrogens with zero attached hydrogens (tertiary/aromatic N) is 2. The Labute approximate surface area is 121 Å². The minimum atomic E-state index is 0.473. The summed E-state index contributed by atoms with van der Waals surface area (Å²) in [5.74, 6) is 2.46. The Morgan fingerprint density at radius 1 is 1.10 bits per heavy atom. The highest BCUT2D eigenvalue weighted by atomic mass is 15.3. The molecule has 0 fully saturated rings. The number of hydrogen-bond acceptors (Lipinski definition) is 6. The first kappa shape index (κ1) is 14.7. The van der Waals surface area contributed by atoms with E-state index in [0.29, 0.717) is 18.7 Å². The van der Waals surface area contributed by atoms with Crippen LogP contribution < -0.4 is 21.3 Å². The molecule has 0 spiro atoms. The van der Waals surface area contributed by atoms with E-state index < -0.39 is 0 Å². The van der Waals surface area contributed by atoms with Crippen molar-refractivity contribution in [2.45, 2.75) is 52.5 Å². The molecule has 0 saturated heterocycles. The van der Waals surface area contributed by atoms with E-state index >= 15 is 0 Å². The first-order valence-electron chi connectivity index (χ1n) is 7.68. The van der Waals surface area contributed by atoms with Gasteiger partial charge in [-0.1, -0.05) is 26.7 Å². The normalized spacial score (nSPS) is 12.8. The van der Waals surface area contributed by atoms with E-state index in [-0.39, 0.29) is 0 Å². The van der Waals surface area contributed by atoms with Gasteiger partial charge in [-0.2, -0.15) is 9.97 Å². The first-order chi connectivity index (χ1) is 9.78. The van der Waals surface area contributed by atoms with Crippen molar-refractivity contribution < 1.29 is 0 Å². The lowest BCUT2D eigenvalue weighted by Crippen LogP contribution is -2.21. The van der Waals surface area contributed by atoms with E-state index in [2.05, 4.69) is 45.1 Å². The fourth-order valence-electron chi connectivity index (χ4n) is 2.49. The Morgan fingerprint density at radius 3 is 2.50 bits per heavy atom. The molecule has 0 unspecified atom stereocenters. The summed E-state index contributed by atoms with van der Waals surface area (Å²) in [6.45, 7) is 8.02. The zero-order valence-corrected chi connectivity index (χ0v) is 12.7. The Bertz CT molecular complexity index is 428. The number of fused-ring (bicyclic) bond motifs is 1. The summed E-state index contributed by atoms with van der Waals surface area (Å²) in [4.78, 5) is 9.07. The van der Waals surface area contributed by atoms with Gasteiger partial charge >= 0.3 is 0 Å². The lowest BCUT2D eigenvalue weighted by molar-refractivity contribution is 0.584. The van der Waals surface area contributed by atoms with E-state index in [1.165, 1.54) is 12.8 Å². The third-order valence-corrected chi connectivity index (χ3v) is 3.38. The molecule has 2 heterocycles. The Morgan fingerprint density at radius 2 is 1.85 bits per heavy atom. The number of rotatable bonds is 8. The highest BCUT2D eigenvalue weighted by molar-refractivity contribution is 5.81. The van der Waals surface area contributed by atoms with Gasteiger partial charge in [0.2, 0.25) is 5.95 Å². The van der Waals surface area contributed by atoms with Gasteiger partial charge in [-0.05, 0) is 19.8 Å². The van der Waals surface area contributed by atoms with Crippen LogP contribution in [0, 0.1) is 0 Å². The molecule has 0 bridgehead atoms. The van der Waals surface area contributed by atoms with Crippen LogP contribution in [-0.2, 0) is 0 Å². The van der Waals surface area contributed by atoms with Crippen molar-refractivity contribution >= 4 is 23.3 Å². The van der Waals surface area contributed by atoms with Gasteiger partial charge in [0.25, 0.3) is 0 Å². The van der Waals surface area contributed by atoms with Gasteiger partial charge < -0.3 is 21.3 Å². The molecule has 20 heavy (non-hydrogen) atoms. The average molecular weight is 278 g/mol. The number of hydrogen-bond donors (Lipinski definition) is 4. The van der Waals surface area contributed by atoms with Crippen molar-refractivity contribution in [3.63, 3.8) is 0 Å². The SMILES string of the molecule is CCCC(CCC)Nc1nc(NCC)nc2c1NCN2. The summed E-state index contributed by atoms with van der Waals surface area (Å²) in [6.07, 6.45) is 4.68. The number of aromatic nitrogens is 2. The Hall–Kier alpha value is -1.72. The predicted octanol–water partition coefficient (Wildman–Crippen LogP) is 3.08. The van der Waals surface area contributed by atoms with Crippen molar-refractivity contribution in [1.82, 2.24) is 9.97 Å².